The van der Waals surface area contributed by atoms with Gasteiger partial charge in [0.15, 0.2) is 5.69 Å². The molecule has 0 aromatic carbocycles. The maximum Gasteiger partial charge on any atom is 0.354 e. The molecule has 0 atom stereocenters. The monoisotopic (exact) mass is 281 g/mol. The van der Waals surface area contributed by atoms with E-state index in [0.29, 0.717) is 12.5 Å². The summed E-state index contributed by atoms with van der Waals surface area (Å²) in [6, 6.07) is 2.28. The van der Waals surface area contributed by atoms with Crippen molar-refractivity contribution in [1.82, 2.24) is 4.98 Å². The third kappa shape index (κ3) is 3.66. The van der Waals surface area contributed by atoms with Gasteiger partial charge in [-0.05, 0) is 17.4 Å². The Morgan fingerprint density at radius 3 is 2.55 bits per heavy atom. The number of nitro groups is 1. The molecule has 7 heteroatoms. The molecule has 0 saturated carbocycles. The van der Waals surface area contributed by atoms with E-state index in [-0.39, 0.29) is 22.6 Å². The average Bonchev–Trinajstić information content (AvgIpc) is 2.35. The zero-order valence-corrected chi connectivity index (χ0v) is 12.0. The quantitative estimate of drug-likeness (QED) is 0.613. The Morgan fingerprint density at radius 2 is 2.10 bits per heavy atom. The number of nitrogens with one attached hydrogen (secondary N) is 1. The van der Waals surface area contributed by atoms with E-state index in [9.17, 15) is 14.9 Å². The van der Waals surface area contributed by atoms with E-state index in [4.69, 9.17) is 5.11 Å². The molecule has 0 amide bonds. The second kappa shape index (κ2) is 5.85. The Labute approximate surface area is 117 Å². The molecule has 1 aromatic heterocycles. The Balaban J connectivity index is 3.05. The molecule has 0 aliphatic heterocycles. The summed E-state index contributed by atoms with van der Waals surface area (Å²) in [6.07, 6.45) is 0. The van der Waals surface area contributed by atoms with Crippen molar-refractivity contribution < 1.29 is 14.8 Å². The predicted molar refractivity (Wildman–Crippen MR) is 75.0 cm³/mol. The molecule has 110 valence electrons. The van der Waals surface area contributed by atoms with Crippen molar-refractivity contribution in [2.75, 3.05) is 11.9 Å². The lowest BCUT2D eigenvalue weighted by Crippen LogP contribution is -2.29. The summed E-state index contributed by atoms with van der Waals surface area (Å²) in [5.74, 6) is -0.869. The van der Waals surface area contributed by atoms with Crippen LogP contribution in [0.15, 0.2) is 12.1 Å². The van der Waals surface area contributed by atoms with Crippen LogP contribution in [0, 0.1) is 21.4 Å². The van der Waals surface area contributed by atoms with Crippen molar-refractivity contribution in [2.45, 2.75) is 27.7 Å². The number of aromatic carboxylic acids is 1. The maximum absolute atomic E-state index is 10.9. The molecule has 0 saturated heterocycles. The van der Waals surface area contributed by atoms with Crippen molar-refractivity contribution >= 4 is 17.5 Å². The van der Waals surface area contributed by atoms with Crippen molar-refractivity contribution in [3.63, 3.8) is 0 Å². The van der Waals surface area contributed by atoms with Crippen LogP contribution in [0.3, 0.4) is 0 Å². The van der Waals surface area contributed by atoms with E-state index in [1.165, 1.54) is 0 Å². The van der Waals surface area contributed by atoms with Gasteiger partial charge in [0, 0.05) is 12.6 Å². The fourth-order valence-electron chi connectivity index (χ4n) is 1.36. The first-order valence-electron chi connectivity index (χ1n) is 6.27. The number of pyridine rings is 1. The molecule has 0 aliphatic rings. The second-order valence-electron chi connectivity index (χ2n) is 5.62. The Kier molecular flexibility index (Phi) is 4.65. The molecule has 0 bridgehead atoms. The number of anilines is 1. The summed E-state index contributed by atoms with van der Waals surface area (Å²) in [6.45, 7) is 8.62. The van der Waals surface area contributed by atoms with E-state index in [1.807, 2.05) is 13.8 Å². The molecule has 7 nitrogen and oxygen atoms in total. The summed E-state index contributed by atoms with van der Waals surface area (Å²) in [7, 11) is 0. The highest BCUT2D eigenvalue weighted by molar-refractivity contribution is 5.86. The molecule has 0 aliphatic carbocycles. The number of rotatable bonds is 6. The fraction of sp³-hybridized carbons (Fsp3) is 0.538. The fourth-order valence-corrected chi connectivity index (χ4v) is 1.36. The zero-order valence-electron chi connectivity index (χ0n) is 12.0. The Hall–Kier alpha value is -2.18. The SMILES string of the molecule is CC(C)C(C)(C)CNc1nc(C(=O)O)ccc1[N+](=O)[O-]. The van der Waals surface area contributed by atoms with Crippen LogP contribution in [0.2, 0.25) is 0 Å². The van der Waals surface area contributed by atoms with Gasteiger partial charge in [0.25, 0.3) is 0 Å². The summed E-state index contributed by atoms with van der Waals surface area (Å²) in [5.41, 5.74) is -0.551. The van der Waals surface area contributed by atoms with Crippen LogP contribution in [0.1, 0.15) is 38.2 Å². The molecule has 20 heavy (non-hydrogen) atoms. The second-order valence-corrected chi connectivity index (χ2v) is 5.62. The van der Waals surface area contributed by atoms with Crippen LogP contribution < -0.4 is 5.32 Å². The largest absolute Gasteiger partial charge is 0.477 e. The molecular formula is C13H19N3O4. The first-order valence-corrected chi connectivity index (χ1v) is 6.27. The minimum atomic E-state index is -1.22. The van der Waals surface area contributed by atoms with Crippen molar-refractivity contribution in [2.24, 2.45) is 11.3 Å². The lowest BCUT2D eigenvalue weighted by Gasteiger charge is -2.29. The van der Waals surface area contributed by atoms with Crippen LogP contribution in [0.5, 0.6) is 0 Å². The molecule has 1 heterocycles. The number of hydrogen-bond donors (Lipinski definition) is 2. The van der Waals surface area contributed by atoms with Crippen LogP contribution in [0.25, 0.3) is 0 Å². The van der Waals surface area contributed by atoms with E-state index in [2.05, 4.69) is 24.1 Å². The molecule has 0 radical (unpaired) electrons. The number of hydrogen-bond acceptors (Lipinski definition) is 5. The molecule has 0 unspecified atom stereocenters. The molecule has 2 N–H and O–H groups in total. The summed E-state index contributed by atoms with van der Waals surface area (Å²) in [5, 5.41) is 22.7. The normalized spacial score (nSPS) is 11.4. The first-order chi connectivity index (χ1) is 9.15. The number of carboxylic acid groups (broad SMARTS) is 1. The van der Waals surface area contributed by atoms with Crippen LogP contribution >= 0.6 is 0 Å². The van der Waals surface area contributed by atoms with Gasteiger partial charge in [-0.15, -0.1) is 0 Å². The van der Waals surface area contributed by atoms with E-state index < -0.39 is 10.9 Å². The minimum Gasteiger partial charge on any atom is -0.477 e. The predicted octanol–water partition coefficient (Wildman–Crippen LogP) is 2.78. The lowest BCUT2D eigenvalue weighted by molar-refractivity contribution is -0.384. The van der Waals surface area contributed by atoms with Gasteiger partial charge in [-0.3, -0.25) is 10.1 Å². The van der Waals surface area contributed by atoms with Crippen molar-refractivity contribution in [3.8, 4) is 0 Å². The van der Waals surface area contributed by atoms with E-state index >= 15 is 0 Å². The summed E-state index contributed by atoms with van der Waals surface area (Å²) in [4.78, 5) is 25.0. The Morgan fingerprint density at radius 1 is 1.50 bits per heavy atom. The molecule has 0 fully saturated rings. The highest BCUT2D eigenvalue weighted by atomic mass is 16.6. The van der Waals surface area contributed by atoms with Gasteiger partial charge in [-0.1, -0.05) is 27.7 Å². The highest BCUT2D eigenvalue weighted by Crippen LogP contribution is 2.28. The third-order valence-corrected chi connectivity index (χ3v) is 3.56. The lowest BCUT2D eigenvalue weighted by atomic mass is 9.81. The third-order valence-electron chi connectivity index (χ3n) is 3.56. The van der Waals surface area contributed by atoms with Gasteiger partial charge in [0.1, 0.15) is 0 Å². The molecule has 1 rings (SSSR count). The van der Waals surface area contributed by atoms with E-state index in [1.54, 1.807) is 0 Å². The van der Waals surface area contributed by atoms with Gasteiger partial charge in [0.2, 0.25) is 5.82 Å². The smallest absolute Gasteiger partial charge is 0.354 e. The van der Waals surface area contributed by atoms with Crippen LogP contribution in [0.4, 0.5) is 11.5 Å². The van der Waals surface area contributed by atoms with Gasteiger partial charge in [-0.2, -0.15) is 0 Å². The average molecular weight is 281 g/mol. The highest BCUT2D eigenvalue weighted by Gasteiger charge is 2.25. The minimum absolute atomic E-state index is 0.0105. The van der Waals surface area contributed by atoms with Crippen LogP contribution in [-0.4, -0.2) is 27.5 Å². The summed E-state index contributed by atoms with van der Waals surface area (Å²) < 4.78 is 0. The molecular weight excluding hydrogens is 262 g/mol. The molecule has 0 spiro atoms. The summed E-state index contributed by atoms with van der Waals surface area (Å²) >= 11 is 0. The van der Waals surface area contributed by atoms with Crippen LogP contribution in [-0.2, 0) is 0 Å². The maximum atomic E-state index is 10.9. The van der Waals surface area contributed by atoms with Crippen molar-refractivity contribution in [3.05, 3.63) is 27.9 Å². The van der Waals surface area contributed by atoms with E-state index in [0.717, 1.165) is 12.1 Å². The number of aromatic nitrogens is 1. The topological polar surface area (TPSA) is 105 Å². The number of nitrogens with zero attached hydrogens (tertiary/aromatic N) is 2. The molecule has 1 aromatic rings. The van der Waals surface area contributed by atoms with Gasteiger partial charge >= 0.3 is 11.7 Å². The van der Waals surface area contributed by atoms with Gasteiger partial charge < -0.3 is 10.4 Å². The number of carbonyl (C=O) groups is 1. The van der Waals surface area contributed by atoms with Gasteiger partial charge in [0.05, 0.1) is 4.92 Å². The van der Waals surface area contributed by atoms with Crippen molar-refractivity contribution in [1.29, 1.82) is 0 Å². The number of carboxylic acids is 1. The standard InChI is InChI=1S/C13H19N3O4/c1-8(2)13(3,4)7-14-11-10(16(19)20)6-5-9(15-11)12(17)18/h5-6,8H,7H2,1-4H3,(H,14,15)(H,17,18). The zero-order chi connectivity index (χ0) is 15.5. The first kappa shape index (κ1) is 15.9. The van der Waals surface area contributed by atoms with Gasteiger partial charge in [-0.25, -0.2) is 9.78 Å². The Bertz CT molecular complexity index is 526.